The third-order valence-corrected chi connectivity index (χ3v) is 3.12. The standard InChI is InChI=1S/C13H16O2/c1-9-3-4-11-8-12(13(14)15-2)6-5-10(11)7-9/h3-4,7,12H,5-6,8H2,1-2H3. The molecule has 0 aromatic heterocycles. The van der Waals surface area contributed by atoms with Crippen LogP contribution in [0.4, 0.5) is 0 Å². The molecule has 1 aliphatic rings. The maximum Gasteiger partial charge on any atom is 0.309 e. The minimum atomic E-state index is -0.0683. The van der Waals surface area contributed by atoms with Gasteiger partial charge in [-0.05, 0) is 37.3 Å². The van der Waals surface area contributed by atoms with E-state index in [4.69, 9.17) is 4.74 Å². The molecule has 0 aliphatic heterocycles. The number of aryl methyl sites for hydroxylation is 2. The number of fused-ring (bicyclic) bond motifs is 1. The highest BCUT2D eigenvalue weighted by Crippen LogP contribution is 2.26. The van der Waals surface area contributed by atoms with Gasteiger partial charge in [0.2, 0.25) is 0 Å². The molecule has 2 heteroatoms. The van der Waals surface area contributed by atoms with Crippen molar-refractivity contribution in [3.63, 3.8) is 0 Å². The number of rotatable bonds is 1. The van der Waals surface area contributed by atoms with Crippen LogP contribution in [0.25, 0.3) is 0 Å². The third-order valence-electron chi connectivity index (χ3n) is 3.12. The molecule has 2 nitrogen and oxygen atoms in total. The second-order valence-corrected chi connectivity index (χ2v) is 4.24. The van der Waals surface area contributed by atoms with Crippen molar-refractivity contribution in [2.75, 3.05) is 7.11 Å². The monoisotopic (exact) mass is 204 g/mol. The van der Waals surface area contributed by atoms with Gasteiger partial charge in [0.05, 0.1) is 13.0 Å². The summed E-state index contributed by atoms with van der Waals surface area (Å²) >= 11 is 0. The zero-order valence-corrected chi connectivity index (χ0v) is 9.25. The Bertz CT molecular complexity index is 382. The van der Waals surface area contributed by atoms with Crippen molar-refractivity contribution in [2.45, 2.75) is 26.2 Å². The summed E-state index contributed by atoms with van der Waals surface area (Å²) in [6, 6.07) is 6.47. The van der Waals surface area contributed by atoms with Crippen molar-refractivity contribution >= 4 is 5.97 Å². The number of esters is 1. The van der Waals surface area contributed by atoms with E-state index in [9.17, 15) is 4.79 Å². The van der Waals surface area contributed by atoms with Crippen LogP contribution in [0.1, 0.15) is 23.1 Å². The van der Waals surface area contributed by atoms with E-state index in [0.717, 1.165) is 19.3 Å². The van der Waals surface area contributed by atoms with Gasteiger partial charge in [-0.1, -0.05) is 23.8 Å². The summed E-state index contributed by atoms with van der Waals surface area (Å²) < 4.78 is 4.79. The third kappa shape index (κ3) is 2.04. The van der Waals surface area contributed by atoms with E-state index in [1.807, 2.05) is 0 Å². The summed E-state index contributed by atoms with van der Waals surface area (Å²) in [7, 11) is 1.47. The largest absolute Gasteiger partial charge is 0.469 e. The van der Waals surface area contributed by atoms with Gasteiger partial charge in [0.1, 0.15) is 0 Å². The van der Waals surface area contributed by atoms with Gasteiger partial charge in [-0.2, -0.15) is 0 Å². The molecule has 0 heterocycles. The van der Waals surface area contributed by atoms with Gasteiger partial charge in [0, 0.05) is 0 Å². The second kappa shape index (κ2) is 4.05. The number of benzene rings is 1. The lowest BCUT2D eigenvalue weighted by Gasteiger charge is -2.22. The molecule has 0 saturated carbocycles. The maximum atomic E-state index is 11.4. The molecule has 1 atom stereocenters. The molecule has 0 radical (unpaired) electrons. The molecule has 0 bridgehead atoms. The van der Waals surface area contributed by atoms with Crippen molar-refractivity contribution in [3.05, 3.63) is 34.9 Å². The maximum absolute atomic E-state index is 11.4. The van der Waals surface area contributed by atoms with Gasteiger partial charge in [0.15, 0.2) is 0 Å². The minimum absolute atomic E-state index is 0.0604. The van der Waals surface area contributed by atoms with Crippen LogP contribution in [0.15, 0.2) is 18.2 Å². The van der Waals surface area contributed by atoms with Crippen molar-refractivity contribution in [3.8, 4) is 0 Å². The molecule has 1 aromatic carbocycles. The average Bonchev–Trinajstić information content (AvgIpc) is 2.27. The first-order valence-corrected chi connectivity index (χ1v) is 5.37. The molecule has 15 heavy (non-hydrogen) atoms. The first kappa shape index (κ1) is 10.2. The smallest absolute Gasteiger partial charge is 0.309 e. The van der Waals surface area contributed by atoms with E-state index >= 15 is 0 Å². The van der Waals surface area contributed by atoms with Crippen molar-refractivity contribution in [2.24, 2.45) is 5.92 Å². The highest BCUT2D eigenvalue weighted by Gasteiger charge is 2.24. The first-order valence-electron chi connectivity index (χ1n) is 5.37. The van der Waals surface area contributed by atoms with Crippen LogP contribution >= 0.6 is 0 Å². The molecule has 0 N–H and O–H groups in total. The normalized spacial score (nSPS) is 19.5. The number of carbonyl (C=O) groups excluding carboxylic acids is 1. The number of hydrogen-bond acceptors (Lipinski definition) is 2. The van der Waals surface area contributed by atoms with Crippen LogP contribution in [0.5, 0.6) is 0 Å². The minimum Gasteiger partial charge on any atom is -0.469 e. The fourth-order valence-electron chi connectivity index (χ4n) is 2.25. The van der Waals surface area contributed by atoms with Crippen LogP contribution in [-0.4, -0.2) is 13.1 Å². The summed E-state index contributed by atoms with van der Waals surface area (Å²) in [5.41, 5.74) is 4.00. The summed E-state index contributed by atoms with van der Waals surface area (Å²) in [6.07, 6.45) is 2.75. The van der Waals surface area contributed by atoms with Gasteiger partial charge < -0.3 is 4.74 Å². The summed E-state index contributed by atoms with van der Waals surface area (Å²) in [4.78, 5) is 11.4. The lowest BCUT2D eigenvalue weighted by atomic mass is 9.83. The molecule has 0 saturated heterocycles. The van der Waals surface area contributed by atoms with Gasteiger partial charge in [-0.25, -0.2) is 0 Å². The quantitative estimate of drug-likeness (QED) is 0.656. The molecule has 80 valence electrons. The number of hydrogen-bond donors (Lipinski definition) is 0. The fraction of sp³-hybridized carbons (Fsp3) is 0.462. The predicted octanol–water partition coefficient (Wildman–Crippen LogP) is 2.27. The molecule has 0 spiro atoms. The Kier molecular flexibility index (Phi) is 2.76. The Morgan fingerprint density at radius 3 is 2.93 bits per heavy atom. The Morgan fingerprint density at radius 1 is 1.40 bits per heavy atom. The Morgan fingerprint density at radius 2 is 2.20 bits per heavy atom. The molecule has 1 unspecified atom stereocenters. The molecule has 0 fully saturated rings. The van der Waals surface area contributed by atoms with Crippen LogP contribution in [0, 0.1) is 12.8 Å². The number of ether oxygens (including phenoxy) is 1. The van der Waals surface area contributed by atoms with E-state index < -0.39 is 0 Å². The van der Waals surface area contributed by atoms with Crippen molar-refractivity contribution in [1.82, 2.24) is 0 Å². The highest BCUT2D eigenvalue weighted by molar-refractivity contribution is 5.73. The zero-order valence-electron chi connectivity index (χ0n) is 9.25. The van der Waals surface area contributed by atoms with Gasteiger partial charge in [-0.3, -0.25) is 4.79 Å². The molecule has 0 amide bonds. The van der Waals surface area contributed by atoms with Gasteiger partial charge >= 0.3 is 5.97 Å². The average molecular weight is 204 g/mol. The second-order valence-electron chi connectivity index (χ2n) is 4.24. The fourth-order valence-corrected chi connectivity index (χ4v) is 2.25. The van der Waals surface area contributed by atoms with Gasteiger partial charge in [0.25, 0.3) is 0 Å². The van der Waals surface area contributed by atoms with E-state index in [1.165, 1.54) is 23.8 Å². The van der Waals surface area contributed by atoms with E-state index in [0.29, 0.717) is 0 Å². The molecular weight excluding hydrogens is 188 g/mol. The summed E-state index contributed by atoms with van der Waals surface area (Å²) in [5, 5.41) is 0. The van der Waals surface area contributed by atoms with Crippen molar-refractivity contribution < 1.29 is 9.53 Å². The molecule has 2 rings (SSSR count). The molecule has 1 aromatic rings. The first-order chi connectivity index (χ1) is 7.20. The SMILES string of the molecule is COC(=O)C1CCc2cc(C)ccc2C1. The predicted molar refractivity (Wildman–Crippen MR) is 58.7 cm³/mol. The van der Waals surface area contributed by atoms with E-state index in [-0.39, 0.29) is 11.9 Å². The zero-order chi connectivity index (χ0) is 10.8. The number of methoxy groups -OCH3 is 1. The Hall–Kier alpha value is -1.31. The summed E-state index contributed by atoms with van der Waals surface area (Å²) in [5.74, 6) is -0.00793. The lowest BCUT2D eigenvalue weighted by molar-refractivity contribution is -0.145. The number of carbonyl (C=O) groups is 1. The lowest BCUT2D eigenvalue weighted by Crippen LogP contribution is -2.23. The van der Waals surface area contributed by atoms with Crippen LogP contribution in [0.2, 0.25) is 0 Å². The van der Waals surface area contributed by atoms with Crippen LogP contribution in [-0.2, 0) is 22.4 Å². The van der Waals surface area contributed by atoms with E-state index in [2.05, 4.69) is 25.1 Å². The topological polar surface area (TPSA) is 26.3 Å². The highest BCUT2D eigenvalue weighted by atomic mass is 16.5. The van der Waals surface area contributed by atoms with Gasteiger partial charge in [-0.15, -0.1) is 0 Å². The Balaban J connectivity index is 2.20. The molecule has 1 aliphatic carbocycles. The Labute approximate surface area is 90.3 Å². The van der Waals surface area contributed by atoms with Crippen LogP contribution < -0.4 is 0 Å². The summed E-state index contributed by atoms with van der Waals surface area (Å²) in [6.45, 7) is 2.10. The van der Waals surface area contributed by atoms with Crippen molar-refractivity contribution in [1.29, 1.82) is 0 Å². The van der Waals surface area contributed by atoms with Crippen LogP contribution in [0.3, 0.4) is 0 Å². The van der Waals surface area contributed by atoms with E-state index in [1.54, 1.807) is 0 Å². The molecular formula is C13H16O2.